The molecule has 0 spiro atoms. The lowest BCUT2D eigenvalue weighted by Gasteiger charge is -2.13. The molecule has 3 rings (SSSR count). The van der Waals surface area contributed by atoms with Crippen LogP contribution in [0.4, 0.5) is 0 Å². The van der Waals surface area contributed by atoms with Crippen molar-refractivity contribution < 1.29 is 33.8 Å². The van der Waals surface area contributed by atoms with E-state index >= 15 is 0 Å². The first kappa shape index (κ1) is 15.1. The minimum Gasteiger partial charge on any atom is -0.502 e. The number of hydrogen-bond acceptors (Lipinski definition) is 7. The second-order valence-corrected chi connectivity index (χ2v) is 5.16. The van der Waals surface area contributed by atoms with E-state index in [2.05, 4.69) is 5.32 Å². The van der Waals surface area contributed by atoms with Gasteiger partial charge in [-0.1, -0.05) is 0 Å². The highest BCUT2D eigenvalue weighted by molar-refractivity contribution is 6.11. The van der Waals surface area contributed by atoms with Crippen LogP contribution < -0.4 is 10.1 Å². The average Bonchev–Trinajstić information content (AvgIpc) is 3.13. The molecule has 122 valence electrons. The number of nitrogens with zero attached hydrogens (tertiary/aromatic N) is 1. The van der Waals surface area contributed by atoms with Gasteiger partial charge in [-0.2, -0.15) is 0 Å². The van der Waals surface area contributed by atoms with Crippen molar-refractivity contribution in [2.45, 2.75) is 19.1 Å². The van der Waals surface area contributed by atoms with Gasteiger partial charge in [-0.15, -0.1) is 0 Å². The first-order valence-electron chi connectivity index (χ1n) is 6.84. The first-order valence-corrected chi connectivity index (χ1v) is 6.84. The van der Waals surface area contributed by atoms with Gasteiger partial charge in [0.15, 0.2) is 17.4 Å². The van der Waals surface area contributed by atoms with E-state index in [0.29, 0.717) is 0 Å². The van der Waals surface area contributed by atoms with Crippen molar-refractivity contribution in [2.75, 3.05) is 14.1 Å². The minimum absolute atomic E-state index is 0.0500. The van der Waals surface area contributed by atoms with Gasteiger partial charge >= 0.3 is 5.97 Å². The number of rotatable bonds is 4. The van der Waals surface area contributed by atoms with E-state index in [0.717, 1.165) is 4.90 Å². The molecule has 1 aliphatic rings. The summed E-state index contributed by atoms with van der Waals surface area (Å²) in [6.07, 6.45) is -1.49. The molecule has 1 unspecified atom stereocenters. The Kier molecular flexibility index (Phi) is 3.37. The molecule has 3 heterocycles. The fraction of sp³-hybridized carbons (Fsp3) is 0.357. The summed E-state index contributed by atoms with van der Waals surface area (Å²) >= 11 is 0. The number of aromatic hydroxyl groups is 1. The summed E-state index contributed by atoms with van der Waals surface area (Å²) in [7, 11) is 2.85. The van der Waals surface area contributed by atoms with Crippen LogP contribution in [0.5, 0.6) is 11.5 Å². The summed E-state index contributed by atoms with van der Waals surface area (Å²) in [4.78, 5) is 35.9. The zero-order valence-electron chi connectivity index (χ0n) is 12.4. The number of nitrogens with one attached hydrogen (secondary N) is 1. The Hall–Kier alpha value is -2.81. The van der Waals surface area contributed by atoms with Crippen molar-refractivity contribution >= 4 is 28.9 Å². The highest BCUT2D eigenvalue weighted by Gasteiger charge is 2.44. The van der Waals surface area contributed by atoms with E-state index in [1.165, 1.54) is 14.1 Å². The number of esters is 1. The molecule has 3 N–H and O–H groups in total. The van der Waals surface area contributed by atoms with Crippen LogP contribution in [-0.4, -0.2) is 47.0 Å². The van der Waals surface area contributed by atoms with Crippen LogP contribution in [0, 0.1) is 0 Å². The van der Waals surface area contributed by atoms with Gasteiger partial charge in [0.1, 0.15) is 0 Å². The first-order chi connectivity index (χ1) is 10.9. The smallest absolute Gasteiger partial charge is 0.311 e. The predicted octanol–water partition coefficient (Wildman–Crippen LogP) is 0.0843. The van der Waals surface area contributed by atoms with Crippen molar-refractivity contribution in [1.82, 2.24) is 10.2 Å². The number of carbonyl (C=O) groups excluding carboxylic acids is 3. The second kappa shape index (κ2) is 5.13. The molecule has 0 radical (unpaired) electrons. The van der Waals surface area contributed by atoms with Gasteiger partial charge in [0, 0.05) is 20.5 Å². The molecule has 0 aromatic carbocycles. The van der Waals surface area contributed by atoms with Crippen LogP contribution in [0.25, 0.3) is 11.2 Å². The van der Waals surface area contributed by atoms with Crippen molar-refractivity contribution in [2.24, 2.45) is 0 Å². The highest BCUT2D eigenvalue weighted by Crippen LogP contribution is 2.52. The van der Waals surface area contributed by atoms with Crippen LogP contribution in [-0.2, 0) is 9.59 Å². The van der Waals surface area contributed by atoms with Gasteiger partial charge in [-0.3, -0.25) is 14.4 Å². The molecule has 9 nitrogen and oxygen atoms in total. The molecule has 23 heavy (non-hydrogen) atoms. The van der Waals surface area contributed by atoms with Crippen LogP contribution in [0.15, 0.2) is 4.42 Å². The van der Waals surface area contributed by atoms with Crippen molar-refractivity contribution in [1.29, 1.82) is 0 Å². The quantitative estimate of drug-likeness (QED) is 0.537. The molecule has 9 heteroatoms. The summed E-state index contributed by atoms with van der Waals surface area (Å²) in [5.41, 5.74) is 0.0561. The van der Waals surface area contributed by atoms with Gasteiger partial charge < -0.3 is 29.6 Å². The van der Waals surface area contributed by atoms with Crippen LogP contribution in [0.3, 0.4) is 0 Å². The normalized spacial score (nSPS) is 16.9. The zero-order chi connectivity index (χ0) is 16.9. The number of aliphatic hydroxyl groups is 1. The van der Waals surface area contributed by atoms with E-state index in [4.69, 9.17) is 9.15 Å². The third-order valence-electron chi connectivity index (χ3n) is 3.79. The number of amides is 2. The topological polar surface area (TPSA) is 129 Å². The monoisotopic (exact) mass is 322 g/mol. The van der Waals surface area contributed by atoms with Gasteiger partial charge in [-0.05, 0) is 0 Å². The fourth-order valence-corrected chi connectivity index (χ4v) is 2.53. The molecular weight excluding hydrogens is 308 g/mol. The summed E-state index contributed by atoms with van der Waals surface area (Å²) < 4.78 is 10.3. The van der Waals surface area contributed by atoms with Crippen LogP contribution in [0.2, 0.25) is 0 Å². The molecule has 0 saturated heterocycles. The largest absolute Gasteiger partial charge is 0.502 e. The molecule has 0 aliphatic carbocycles. The van der Waals surface area contributed by atoms with E-state index in [1.54, 1.807) is 0 Å². The molecule has 0 fully saturated rings. The Balaban J connectivity index is 1.88. The Labute approximate surface area is 129 Å². The summed E-state index contributed by atoms with van der Waals surface area (Å²) in [6, 6.07) is 0. The van der Waals surface area contributed by atoms with E-state index in [1.807, 2.05) is 0 Å². The fourth-order valence-electron chi connectivity index (χ4n) is 2.53. The Morgan fingerprint density at radius 3 is 2.70 bits per heavy atom. The highest BCUT2D eigenvalue weighted by atomic mass is 16.6. The number of aliphatic hydroxyl groups excluding tert-OH is 1. The van der Waals surface area contributed by atoms with Crippen LogP contribution >= 0.6 is 0 Å². The molecule has 2 aromatic heterocycles. The standard InChI is InChI=1S/C14H14N2O7/c1-15-5(17)3-4-6(18)22-12-9(19)10-7-8(11(12)23-10)14(21)16(2)13(7)20/h14,19,21H,3-4H2,1-2H3,(H,15,17). The lowest BCUT2D eigenvalue weighted by atomic mass is 10.1. The number of carbonyl (C=O) groups is 3. The molecule has 1 aliphatic heterocycles. The van der Waals surface area contributed by atoms with E-state index < -0.39 is 23.9 Å². The number of phenolic OH excluding ortho intramolecular Hbond substituents is 1. The maximum atomic E-state index is 12.0. The number of phenols is 1. The zero-order valence-corrected chi connectivity index (χ0v) is 12.4. The second-order valence-electron chi connectivity index (χ2n) is 5.16. The SMILES string of the molecule is CNC(=O)CCC(=O)Oc1c(O)c2oc1c1c2C(=O)N(C)C1O. The third-order valence-corrected chi connectivity index (χ3v) is 3.79. The maximum Gasteiger partial charge on any atom is 0.311 e. The molecule has 2 amide bonds. The summed E-state index contributed by atoms with van der Waals surface area (Å²) in [5, 5.41) is 22.5. The number of fused-ring (bicyclic) bond motifs is 5. The van der Waals surface area contributed by atoms with Gasteiger partial charge in [0.05, 0.1) is 17.5 Å². The van der Waals surface area contributed by atoms with Crippen molar-refractivity contribution in [3.63, 3.8) is 0 Å². The van der Waals surface area contributed by atoms with Gasteiger partial charge in [-0.25, -0.2) is 0 Å². The van der Waals surface area contributed by atoms with E-state index in [9.17, 15) is 24.6 Å². The molecule has 2 bridgehead atoms. The van der Waals surface area contributed by atoms with Gasteiger partial charge in [0.25, 0.3) is 5.91 Å². The summed E-state index contributed by atoms with van der Waals surface area (Å²) in [5.74, 6) is -2.27. The number of hydrogen-bond donors (Lipinski definition) is 3. The Bertz CT molecular complexity index is 809. The average molecular weight is 322 g/mol. The number of ether oxygens (including phenoxy) is 1. The van der Waals surface area contributed by atoms with Crippen molar-refractivity contribution in [3.05, 3.63) is 11.1 Å². The molecular formula is C14H14N2O7. The number of benzene rings is 1. The molecule has 2 aromatic rings. The number of furan rings is 2. The third kappa shape index (κ3) is 2.08. The van der Waals surface area contributed by atoms with Crippen LogP contribution in [0.1, 0.15) is 35.0 Å². The predicted molar refractivity (Wildman–Crippen MR) is 75.1 cm³/mol. The lowest BCUT2D eigenvalue weighted by molar-refractivity contribution is -0.136. The Morgan fingerprint density at radius 2 is 2.04 bits per heavy atom. The Morgan fingerprint density at radius 1 is 1.35 bits per heavy atom. The minimum atomic E-state index is -1.24. The molecule has 0 saturated carbocycles. The lowest BCUT2D eigenvalue weighted by Crippen LogP contribution is -2.22. The van der Waals surface area contributed by atoms with Gasteiger partial charge in [0.2, 0.25) is 17.4 Å². The van der Waals surface area contributed by atoms with E-state index in [-0.39, 0.29) is 46.8 Å². The summed E-state index contributed by atoms with van der Waals surface area (Å²) in [6.45, 7) is 0. The molecule has 1 atom stereocenters. The maximum absolute atomic E-state index is 12.0. The van der Waals surface area contributed by atoms with Crippen molar-refractivity contribution in [3.8, 4) is 11.5 Å².